The lowest BCUT2D eigenvalue weighted by Gasteiger charge is -2.04. The molecule has 0 amide bonds. The van der Waals surface area contributed by atoms with Crippen LogP contribution in [0.15, 0.2) is 40.9 Å². The molecule has 0 aromatic heterocycles. The molecule has 0 aliphatic carbocycles. The topological polar surface area (TPSA) is 71.3 Å². The van der Waals surface area contributed by atoms with Crippen LogP contribution >= 0.6 is 0 Å². The van der Waals surface area contributed by atoms with E-state index >= 15 is 0 Å². The van der Waals surface area contributed by atoms with Gasteiger partial charge in [0.15, 0.2) is 5.75 Å². The Morgan fingerprint density at radius 1 is 1.08 bits per heavy atom. The minimum Gasteiger partial charge on any atom is -0.337 e. The fraction of sp³-hybridized carbons (Fsp3) is 0. The molecule has 0 aliphatic rings. The molecule has 0 heterocycles. The highest BCUT2D eigenvalue weighted by molar-refractivity contribution is 5.20. The van der Waals surface area contributed by atoms with Crippen molar-refractivity contribution in [3.8, 4) is 5.75 Å². The lowest BCUT2D eigenvalue weighted by atomic mass is 10.3. The maximum Gasteiger partial charge on any atom is 0.160 e. The Morgan fingerprint density at radius 2 is 1.67 bits per heavy atom. The van der Waals surface area contributed by atoms with Gasteiger partial charge in [0.05, 0.1) is 5.28 Å². The highest BCUT2D eigenvalue weighted by atomic mass is 16.8. The first kappa shape index (κ1) is 8.12. The highest BCUT2D eigenvalue weighted by Gasteiger charge is 2.02. The number of benzene rings is 1. The van der Waals surface area contributed by atoms with Crippen LogP contribution in [0.3, 0.4) is 0 Å². The summed E-state index contributed by atoms with van der Waals surface area (Å²) in [4.78, 5) is 24.2. The van der Waals surface area contributed by atoms with Crippen molar-refractivity contribution in [3.63, 3.8) is 0 Å². The second-order valence-corrected chi connectivity index (χ2v) is 1.82. The predicted molar refractivity (Wildman–Crippen MR) is 40.5 cm³/mol. The number of para-hydroxylation sites is 1. The molecule has 0 radical (unpaired) electrons. The Balaban J connectivity index is 2.62. The molecule has 0 spiro atoms. The number of nitrogens with zero attached hydrogens (tertiary/aromatic N) is 3. The van der Waals surface area contributed by atoms with Crippen LogP contribution in [0.25, 0.3) is 0 Å². The lowest BCUT2D eigenvalue weighted by molar-refractivity contribution is -0.0595. The molecule has 0 aliphatic heterocycles. The van der Waals surface area contributed by atoms with Crippen molar-refractivity contribution in [1.29, 1.82) is 0 Å². The molecule has 0 bridgehead atoms. The second kappa shape index (κ2) is 4.02. The number of hydrogen-bond donors (Lipinski definition) is 0. The molecule has 1 aromatic rings. The van der Waals surface area contributed by atoms with Crippen molar-refractivity contribution in [2.45, 2.75) is 0 Å². The summed E-state index contributed by atoms with van der Waals surface area (Å²) in [6.07, 6.45) is 0. The van der Waals surface area contributed by atoms with Gasteiger partial charge in [0, 0.05) is 0 Å². The second-order valence-electron chi connectivity index (χ2n) is 1.82. The summed E-state index contributed by atoms with van der Waals surface area (Å²) in [5.74, 6) is 0.316. The summed E-state index contributed by atoms with van der Waals surface area (Å²) in [5.41, 5.74) is 0. The van der Waals surface area contributed by atoms with Crippen molar-refractivity contribution in [3.05, 3.63) is 40.1 Å². The smallest absolute Gasteiger partial charge is 0.160 e. The minimum absolute atomic E-state index is 0.0509. The van der Waals surface area contributed by atoms with Gasteiger partial charge in [0.25, 0.3) is 0 Å². The van der Waals surface area contributed by atoms with E-state index in [1.54, 1.807) is 30.3 Å². The van der Waals surface area contributed by atoms with Crippen molar-refractivity contribution < 1.29 is 4.84 Å². The molecule has 0 saturated carbocycles. The zero-order chi connectivity index (χ0) is 8.81. The van der Waals surface area contributed by atoms with E-state index in [1.165, 1.54) is 0 Å². The largest absolute Gasteiger partial charge is 0.337 e. The Hall–Kier alpha value is -1.98. The van der Waals surface area contributed by atoms with Crippen molar-refractivity contribution in [1.82, 2.24) is 5.28 Å². The molecule has 12 heavy (non-hydrogen) atoms. The first-order valence-electron chi connectivity index (χ1n) is 3.06. The van der Waals surface area contributed by atoms with Crippen LogP contribution in [0.2, 0.25) is 0 Å². The van der Waals surface area contributed by atoms with Gasteiger partial charge < -0.3 is 4.84 Å². The number of hydrogen-bond acceptors (Lipinski definition) is 5. The zero-order valence-electron chi connectivity index (χ0n) is 5.95. The van der Waals surface area contributed by atoms with Crippen LogP contribution in [0, 0.1) is 9.81 Å². The van der Waals surface area contributed by atoms with E-state index in [9.17, 15) is 9.81 Å². The van der Waals surface area contributed by atoms with Gasteiger partial charge in [-0.3, -0.25) is 0 Å². The molecule has 1 rings (SSSR count). The van der Waals surface area contributed by atoms with E-state index in [0.717, 1.165) is 0 Å². The highest BCUT2D eigenvalue weighted by Crippen LogP contribution is 2.10. The van der Waals surface area contributed by atoms with Crippen LogP contribution in [0.5, 0.6) is 5.75 Å². The third kappa shape index (κ3) is 2.01. The predicted octanol–water partition coefficient (Wildman–Crippen LogP) is 1.65. The third-order valence-electron chi connectivity index (χ3n) is 1.07. The molecule has 62 valence electrons. The van der Waals surface area contributed by atoms with Crippen molar-refractivity contribution in [2.24, 2.45) is 10.6 Å². The molecule has 0 N–H and O–H groups in total. The third-order valence-corrected chi connectivity index (χ3v) is 1.07. The van der Waals surface area contributed by atoms with E-state index in [4.69, 9.17) is 0 Å². The van der Waals surface area contributed by atoms with Gasteiger partial charge in [0.1, 0.15) is 10.6 Å². The number of rotatable bonds is 4. The Morgan fingerprint density at radius 3 is 2.17 bits per heavy atom. The molecular weight excluding hydrogens is 162 g/mol. The molecular formula is C6H5N3O3. The van der Waals surface area contributed by atoms with Gasteiger partial charge in [-0.15, -0.1) is 9.81 Å². The SMILES string of the molecule is O=NN(N=O)Oc1ccccc1. The summed E-state index contributed by atoms with van der Waals surface area (Å²) in [6.45, 7) is 0. The van der Waals surface area contributed by atoms with Gasteiger partial charge in [-0.2, -0.15) is 0 Å². The maximum absolute atomic E-state index is 9.80. The average molecular weight is 167 g/mol. The summed E-state index contributed by atoms with van der Waals surface area (Å²) in [5, 5.41) is 4.42. The van der Waals surface area contributed by atoms with E-state index in [2.05, 4.69) is 15.4 Å². The minimum atomic E-state index is 0.0509. The van der Waals surface area contributed by atoms with Gasteiger partial charge in [-0.1, -0.05) is 18.2 Å². The summed E-state index contributed by atoms with van der Waals surface area (Å²) in [7, 11) is 0. The molecule has 0 fully saturated rings. The molecule has 0 unspecified atom stereocenters. The first-order valence-corrected chi connectivity index (χ1v) is 3.06. The van der Waals surface area contributed by atoms with Crippen LogP contribution in [0.4, 0.5) is 0 Å². The van der Waals surface area contributed by atoms with E-state index in [-0.39, 0.29) is 5.28 Å². The van der Waals surface area contributed by atoms with E-state index < -0.39 is 0 Å². The van der Waals surface area contributed by atoms with Crippen molar-refractivity contribution in [2.75, 3.05) is 0 Å². The van der Waals surface area contributed by atoms with Gasteiger partial charge in [0.2, 0.25) is 0 Å². The molecule has 0 atom stereocenters. The Labute approximate surface area is 67.6 Å². The first-order chi connectivity index (χ1) is 5.86. The van der Waals surface area contributed by atoms with Crippen LogP contribution in [-0.4, -0.2) is 5.28 Å². The van der Waals surface area contributed by atoms with Crippen LogP contribution < -0.4 is 4.84 Å². The van der Waals surface area contributed by atoms with Crippen LogP contribution in [-0.2, 0) is 0 Å². The lowest BCUT2D eigenvalue weighted by Crippen LogP contribution is -2.12. The van der Waals surface area contributed by atoms with E-state index in [0.29, 0.717) is 5.75 Å². The van der Waals surface area contributed by atoms with E-state index in [1.807, 2.05) is 0 Å². The molecule has 1 aromatic carbocycles. The van der Waals surface area contributed by atoms with Gasteiger partial charge in [-0.05, 0) is 12.1 Å². The van der Waals surface area contributed by atoms with Crippen molar-refractivity contribution >= 4 is 0 Å². The average Bonchev–Trinajstić information content (AvgIpc) is 2.16. The maximum atomic E-state index is 9.80. The molecule has 6 heteroatoms. The Kier molecular flexibility index (Phi) is 2.72. The number of nitroso groups, excluding NO2 is 2. The fourth-order valence-electron chi connectivity index (χ4n) is 0.624. The fourth-order valence-corrected chi connectivity index (χ4v) is 0.624. The molecule has 6 nitrogen and oxygen atoms in total. The standard InChI is InChI=1S/C6H5N3O3/c10-7-9(8-11)12-6-4-2-1-3-5-6/h1-5H. The summed E-state index contributed by atoms with van der Waals surface area (Å²) >= 11 is 0. The normalized spacial score (nSPS) is 8.67. The molecule has 0 saturated heterocycles. The van der Waals surface area contributed by atoms with Crippen LogP contribution in [0.1, 0.15) is 0 Å². The summed E-state index contributed by atoms with van der Waals surface area (Å²) < 4.78 is 0. The summed E-state index contributed by atoms with van der Waals surface area (Å²) in [6, 6.07) is 8.25. The monoisotopic (exact) mass is 167 g/mol. The van der Waals surface area contributed by atoms with Gasteiger partial charge >= 0.3 is 0 Å². The Bertz CT molecular complexity index is 256. The quantitative estimate of drug-likeness (QED) is 0.504. The zero-order valence-corrected chi connectivity index (χ0v) is 5.95. The van der Waals surface area contributed by atoms with Gasteiger partial charge in [-0.25, -0.2) is 0 Å².